The number of rotatable bonds is 5. The molecule has 7 N–H and O–H groups in total. The Labute approximate surface area is 103 Å². The molecule has 0 aromatic carbocycles. The number of hydrogen-bond donors (Lipinski definition) is 6. The quantitative estimate of drug-likeness (QED) is 0.238. The molecule has 0 aromatic heterocycles. The molecule has 0 aliphatic heterocycles. The van der Waals surface area contributed by atoms with E-state index in [1.165, 1.54) is 0 Å². The molecule has 11 heteroatoms. The molecule has 2 atom stereocenters. The third-order valence-electron chi connectivity index (χ3n) is 1.22. The van der Waals surface area contributed by atoms with Crippen LogP contribution in [0.3, 0.4) is 0 Å². The van der Waals surface area contributed by atoms with Gasteiger partial charge in [0.1, 0.15) is 17.8 Å². The van der Waals surface area contributed by atoms with Crippen LogP contribution in [0.4, 0.5) is 0 Å². The lowest BCUT2D eigenvalue weighted by Gasteiger charge is -2.01. The van der Waals surface area contributed by atoms with Crippen LogP contribution < -0.4 is 11.5 Å². The smallest absolute Gasteiger partial charge is 0.321 e. The third kappa shape index (κ3) is 13.1. The zero-order valence-electron chi connectivity index (χ0n) is 8.55. The molecule has 0 saturated carbocycles. The van der Waals surface area contributed by atoms with Crippen molar-refractivity contribution < 1.29 is 32.8 Å². The van der Waals surface area contributed by atoms with Gasteiger partial charge in [-0.1, -0.05) is 0 Å². The van der Waals surface area contributed by atoms with E-state index in [1.54, 1.807) is 0 Å². The SMILES string of the molecule is N[C@@H](CS(=O)(=O)O)C(=O)O.N[C@@H](CS)C(=O)O. The lowest BCUT2D eigenvalue weighted by molar-refractivity contribution is -0.138. The first kappa shape index (κ1) is 18.5. The van der Waals surface area contributed by atoms with Gasteiger partial charge in [-0.3, -0.25) is 14.1 Å². The Hall–Kier alpha value is -0.880. The van der Waals surface area contributed by atoms with E-state index in [-0.39, 0.29) is 5.75 Å². The zero-order valence-corrected chi connectivity index (χ0v) is 10.3. The number of aliphatic carboxylic acids is 2. The van der Waals surface area contributed by atoms with Crippen LogP contribution in [0.25, 0.3) is 0 Å². The molecule has 0 fully saturated rings. The molecule has 0 rings (SSSR count). The Balaban J connectivity index is 0. The average molecular weight is 290 g/mol. The van der Waals surface area contributed by atoms with Crippen molar-refractivity contribution in [1.82, 2.24) is 0 Å². The van der Waals surface area contributed by atoms with Crippen LogP contribution in [0.15, 0.2) is 0 Å². The van der Waals surface area contributed by atoms with Gasteiger partial charge in [0.25, 0.3) is 10.1 Å². The first-order chi connectivity index (χ1) is 7.51. The second-order valence-electron chi connectivity index (χ2n) is 2.82. The van der Waals surface area contributed by atoms with Crippen LogP contribution in [-0.2, 0) is 19.7 Å². The standard InChI is InChI=1S/C3H7NO5S.C3H7NO2S/c4-2(3(5)6)1-10(7,8)9;4-2(1-7)3(5)6/h2H,1,4H2,(H,5,6)(H,7,8,9);2,7H,1,4H2,(H,5,6)/t2*2-/m00/s1. The summed E-state index contributed by atoms with van der Waals surface area (Å²) in [5, 5.41) is 16.1. The van der Waals surface area contributed by atoms with Crippen LogP contribution in [-0.4, -0.2) is 58.7 Å². The van der Waals surface area contributed by atoms with Gasteiger partial charge in [0, 0.05) is 5.75 Å². The minimum Gasteiger partial charge on any atom is -0.480 e. The van der Waals surface area contributed by atoms with E-state index in [0.29, 0.717) is 0 Å². The normalized spacial score (nSPS) is 14.1. The van der Waals surface area contributed by atoms with Gasteiger partial charge in [-0.15, -0.1) is 0 Å². The van der Waals surface area contributed by atoms with E-state index in [0.717, 1.165) is 0 Å². The zero-order chi connectivity index (χ0) is 14.2. The van der Waals surface area contributed by atoms with Gasteiger partial charge in [0.15, 0.2) is 0 Å². The fraction of sp³-hybridized carbons (Fsp3) is 0.667. The highest BCUT2D eigenvalue weighted by molar-refractivity contribution is 7.85. The van der Waals surface area contributed by atoms with Crippen molar-refractivity contribution in [3.05, 3.63) is 0 Å². The van der Waals surface area contributed by atoms with Crippen molar-refractivity contribution in [1.29, 1.82) is 0 Å². The highest BCUT2D eigenvalue weighted by Gasteiger charge is 2.18. The van der Waals surface area contributed by atoms with E-state index in [2.05, 4.69) is 12.6 Å². The molecule has 0 heterocycles. The van der Waals surface area contributed by atoms with E-state index < -0.39 is 39.9 Å². The first-order valence-electron chi connectivity index (χ1n) is 4.04. The lowest BCUT2D eigenvalue weighted by atomic mass is 10.4. The molecule has 0 spiro atoms. The summed E-state index contributed by atoms with van der Waals surface area (Å²) in [5.74, 6) is -3.23. The van der Waals surface area contributed by atoms with Gasteiger partial charge in [-0.25, -0.2) is 0 Å². The Morgan fingerprint density at radius 2 is 1.47 bits per heavy atom. The van der Waals surface area contributed by atoms with Crippen molar-refractivity contribution in [3.8, 4) is 0 Å². The fourth-order valence-corrected chi connectivity index (χ4v) is 1.13. The number of hydrogen-bond acceptors (Lipinski definition) is 7. The molecular weight excluding hydrogens is 276 g/mol. The van der Waals surface area contributed by atoms with Crippen molar-refractivity contribution in [2.45, 2.75) is 12.1 Å². The molecule has 0 saturated heterocycles. The molecular formula is C6H14N2O7S2. The van der Waals surface area contributed by atoms with Gasteiger partial charge in [-0.2, -0.15) is 21.0 Å². The van der Waals surface area contributed by atoms with E-state index >= 15 is 0 Å². The third-order valence-corrected chi connectivity index (χ3v) is 2.40. The van der Waals surface area contributed by atoms with Gasteiger partial charge in [0.2, 0.25) is 0 Å². The Kier molecular flexibility index (Phi) is 8.97. The number of carboxylic acid groups (broad SMARTS) is 2. The molecule has 9 nitrogen and oxygen atoms in total. The topological polar surface area (TPSA) is 181 Å². The molecule has 0 amide bonds. The van der Waals surface area contributed by atoms with Crippen molar-refractivity contribution >= 4 is 34.7 Å². The highest BCUT2D eigenvalue weighted by atomic mass is 32.2. The lowest BCUT2D eigenvalue weighted by Crippen LogP contribution is -2.36. The van der Waals surface area contributed by atoms with E-state index in [4.69, 9.17) is 26.2 Å². The van der Waals surface area contributed by atoms with Crippen LogP contribution in [0, 0.1) is 0 Å². The summed E-state index contributed by atoms with van der Waals surface area (Å²) >= 11 is 3.65. The predicted molar refractivity (Wildman–Crippen MR) is 61.5 cm³/mol. The number of thiol groups is 1. The summed E-state index contributed by atoms with van der Waals surface area (Å²) in [6.45, 7) is 0. The minimum atomic E-state index is -4.27. The molecule has 0 radical (unpaired) electrons. The average Bonchev–Trinajstić information content (AvgIpc) is 2.14. The Bertz CT molecular complexity index is 355. The summed E-state index contributed by atoms with van der Waals surface area (Å²) in [6.07, 6.45) is 0. The maximum Gasteiger partial charge on any atom is 0.321 e. The summed E-state index contributed by atoms with van der Waals surface area (Å²) in [5.41, 5.74) is 9.70. The molecule has 0 bridgehead atoms. The first-order valence-corrected chi connectivity index (χ1v) is 6.28. The number of carbonyl (C=O) groups is 2. The molecule has 0 aliphatic carbocycles. The van der Waals surface area contributed by atoms with Gasteiger partial charge >= 0.3 is 11.9 Å². The minimum absolute atomic E-state index is 0.190. The molecule has 102 valence electrons. The van der Waals surface area contributed by atoms with Gasteiger partial charge < -0.3 is 21.7 Å². The van der Waals surface area contributed by atoms with Crippen LogP contribution in [0.2, 0.25) is 0 Å². The summed E-state index contributed by atoms with van der Waals surface area (Å²) < 4.78 is 28.0. The monoisotopic (exact) mass is 290 g/mol. The highest BCUT2D eigenvalue weighted by Crippen LogP contribution is 1.86. The van der Waals surface area contributed by atoms with Crippen molar-refractivity contribution in [3.63, 3.8) is 0 Å². The summed E-state index contributed by atoms with van der Waals surface area (Å²) in [7, 11) is -4.27. The van der Waals surface area contributed by atoms with Crippen LogP contribution >= 0.6 is 12.6 Å². The molecule has 0 aromatic rings. The molecule has 17 heavy (non-hydrogen) atoms. The van der Waals surface area contributed by atoms with Crippen LogP contribution in [0.1, 0.15) is 0 Å². The Morgan fingerprint density at radius 1 is 1.12 bits per heavy atom. The van der Waals surface area contributed by atoms with E-state index in [9.17, 15) is 18.0 Å². The second-order valence-corrected chi connectivity index (χ2v) is 4.68. The van der Waals surface area contributed by atoms with Gasteiger partial charge in [0.05, 0.1) is 0 Å². The second kappa shape index (κ2) is 8.25. The Morgan fingerprint density at radius 3 is 1.53 bits per heavy atom. The number of nitrogens with two attached hydrogens (primary N) is 2. The maximum absolute atomic E-state index is 9.96. The largest absolute Gasteiger partial charge is 0.480 e. The van der Waals surface area contributed by atoms with Gasteiger partial charge in [-0.05, 0) is 0 Å². The van der Waals surface area contributed by atoms with Crippen molar-refractivity contribution in [2.75, 3.05) is 11.5 Å². The summed E-state index contributed by atoms with van der Waals surface area (Å²) in [6, 6.07) is -2.38. The number of carboxylic acids is 2. The fourth-order valence-electron chi connectivity index (χ4n) is 0.376. The summed E-state index contributed by atoms with van der Waals surface area (Å²) in [4.78, 5) is 19.6. The molecule has 0 aliphatic rings. The maximum atomic E-state index is 9.96. The van der Waals surface area contributed by atoms with E-state index in [1.807, 2.05) is 0 Å². The van der Waals surface area contributed by atoms with Crippen molar-refractivity contribution in [2.24, 2.45) is 11.5 Å². The molecule has 0 unspecified atom stereocenters. The predicted octanol–water partition coefficient (Wildman–Crippen LogP) is -2.39. The van der Waals surface area contributed by atoms with Crippen LogP contribution in [0.5, 0.6) is 0 Å².